The first kappa shape index (κ1) is 18.3. The average Bonchev–Trinajstić information content (AvgIpc) is 2.85. The van der Waals surface area contributed by atoms with Gasteiger partial charge in [-0.2, -0.15) is 0 Å². The molecule has 2 aromatic rings. The SMILES string of the molecule is CC1(C)CC(=O)c2c(S(C)(=O)=O)sc(C(=O)c3ccc(Cl)cc3)c2C1. The Hall–Kier alpha value is -1.50. The van der Waals surface area contributed by atoms with Crippen molar-refractivity contribution in [3.8, 4) is 0 Å². The molecule has 1 aliphatic rings. The van der Waals surface area contributed by atoms with Crippen molar-refractivity contribution >= 4 is 44.3 Å². The second-order valence-corrected chi connectivity index (χ2v) is 10.8. The van der Waals surface area contributed by atoms with Gasteiger partial charge in [-0.05, 0) is 41.7 Å². The highest BCUT2D eigenvalue weighted by atomic mass is 35.5. The van der Waals surface area contributed by atoms with E-state index in [4.69, 9.17) is 11.6 Å². The van der Waals surface area contributed by atoms with Crippen LogP contribution in [0, 0.1) is 5.41 Å². The highest BCUT2D eigenvalue weighted by Gasteiger charge is 2.39. The second-order valence-electron chi connectivity index (χ2n) is 7.12. The molecule has 4 nitrogen and oxygen atoms in total. The lowest BCUT2D eigenvalue weighted by atomic mass is 9.74. The van der Waals surface area contributed by atoms with Gasteiger partial charge in [-0.3, -0.25) is 9.59 Å². The van der Waals surface area contributed by atoms with Gasteiger partial charge in [-0.1, -0.05) is 25.4 Å². The first-order valence-corrected chi connectivity index (χ1v) is 10.8. The Morgan fingerprint density at radius 1 is 1.16 bits per heavy atom. The van der Waals surface area contributed by atoms with Crippen molar-refractivity contribution in [1.29, 1.82) is 0 Å². The summed E-state index contributed by atoms with van der Waals surface area (Å²) in [6, 6.07) is 6.43. The molecule has 0 atom stereocenters. The molecule has 3 rings (SSSR count). The number of rotatable bonds is 3. The molecule has 1 aromatic heterocycles. The summed E-state index contributed by atoms with van der Waals surface area (Å²) in [4.78, 5) is 25.9. The molecule has 0 spiro atoms. The van der Waals surface area contributed by atoms with E-state index in [-0.39, 0.29) is 33.2 Å². The molecule has 0 saturated carbocycles. The van der Waals surface area contributed by atoms with Crippen LogP contribution in [0.25, 0.3) is 0 Å². The molecular formula is C18H17ClO4S2. The molecule has 7 heteroatoms. The zero-order valence-corrected chi connectivity index (χ0v) is 16.4. The molecule has 0 amide bonds. The van der Waals surface area contributed by atoms with E-state index < -0.39 is 9.84 Å². The molecule has 0 fully saturated rings. The first-order valence-electron chi connectivity index (χ1n) is 7.69. The van der Waals surface area contributed by atoms with Crippen molar-refractivity contribution in [3.05, 3.63) is 50.9 Å². The fourth-order valence-corrected chi connectivity index (χ4v) is 5.76. The Morgan fingerprint density at radius 3 is 2.32 bits per heavy atom. The highest BCUT2D eigenvalue weighted by Crippen LogP contribution is 2.43. The maximum atomic E-state index is 12.9. The zero-order valence-electron chi connectivity index (χ0n) is 14.1. The van der Waals surface area contributed by atoms with E-state index in [0.29, 0.717) is 27.4 Å². The van der Waals surface area contributed by atoms with Gasteiger partial charge < -0.3 is 0 Å². The number of carbonyl (C=O) groups is 2. The fraction of sp³-hybridized carbons (Fsp3) is 0.333. The van der Waals surface area contributed by atoms with E-state index >= 15 is 0 Å². The van der Waals surface area contributed by atoms with Gasteiger partial charge in [0.2, 0.25) is 5.78 Å². The van der Waals surface area contributed by atoms with Crippen LogP contribution in [0.1, 0.15) is 51.4 Å². The number of sulfone groups is 1. The maximum Gasteiger partial charge on any atom is 0.203 e. The van der Waals surface area contributed by atoms with E-state index in [0.717, 1.165) is 17.6 Å². The largest absolute Gasteiger partial charge is 0.294 e. The molecule has 0 bridgehead atoms. The van der Waals surface area contributed by atoms with E-state index in [1.54, 1.807) is 24.3 Å². The van der Waals surface area contributed by atoms with Gasteiger partial charge in [0.05, 0.1) is 10.4 Å². The number of carbonyl (C=O) groups excluding carboxylic acids is 2. The summed E-state index contributed by atoms with van der Waals surface area (Å²) in [7, 11) is -3.59. The van der Waals surface area contributed by atoms with Crippen LogP contribution >= 0.6 is 22.9 Å². The van der Waals surface area contributed by atoms with Crippen LogP contribution in [0.5, 0.6) is 0 Å². The molecule has 25 heavy (non-hydrogen) atoms. The Balaban J connectivity index is 2.23. The summed E-state index contributed by atoms with van der Waals surface area (Å²) < 4.78 is 24.3. The number of Topliss-reactive ketones (excluding diaryl/α,β-unsaturated/α-hetero) is 1. The normalized spacial score (nSPS) is 16.6. The summed E-state index contributed by atoms with van der Waals surface area (Å²) >= 11 is 6.77. The van der Waals surface area contributed by atoms with Crippen molar-refractivity contribution in [2.75, 3.05) is 6.26 Å². The van der Waals surface area contributed by atoms with Crippen molar-refractivity contribution in [2.45, 2.75) is 30.9 Å². The first-order chi connectivity index (χ1) is 11.5. The van der Waals surface area contributed by atoms with Gasteiger partial charge in [0.25, 0.3) is 0 Å². The monoisotopic (exact) mass is 396 g/mol. The smallest absolute Gasteiger partial charge is 0.203 e. The molecule has 0 unspecified atom stereocenters. The maximum absolute atomic E-state index is 12.9. The summed E-state index contributed by atoms with van der Waals surface area (Å²) in [5, 5.41) is 0.512. The average molecular weight is 397 g/mol. The molecule has 0 aliphatic heterocycles. The Morgan fingerprint density at radius 2 is 1.76 bits per heavy atom. The van der Waals surface area contributed by atoms with Gasteiger partial charge in [0.15, 0.2) is 15.6 Å². The lowest BCUT2D eigenvalue weighted by Gasteiger charge is -2.29. The van der Waals surface area contributed by atoms with Crippen LogP contribution in [0.15, 0.2) is 28.5 Å². The van der Waals surface area contributed by atoms with Crippen LogP contribution < -0.4 is 0 Å². The highest BCUT2D eigenvalue weighted by molar-refractivity contribution is 7.92. The Kier molecular flexibility index (Phi) is 4.42. The number of thiophene rings is 1. The van der Waals surface area contributed by atoms with Gasteiger partial charge >= 0.3 is 0 Å². The van der Waals surface area contributed by atoms with Crippen molar-refractivity contribution in [1.82, 2.24) is 0 Å². The van der Waals surface area contributed by atoms with E-state index in [9.17, 15) is 18.0 Å². The minimum Gasteiger partial charge on any atom is -0.294 e. The van der Waals surface area contributed by atoms with Crippen molar-refractivity contribution < 1.29 is 18.0 Å². The molecule has 1 aromatic carbocycles. The fourth-order valence-electron chi connectivity index (χ4n) is 3.13. The lowest BCUT2D eigenvalue weighted by Crippen LogP contribution is -2.28. The lowest BCUT2D eigenvalue weighted by molar-refractivity contribution is 0.0909. The number of benzene rings is 1. The summed E-state index contributed by atoms with van der Waals surface area (Å²) in [6.45, 7) is 3.89. The van der Waals surface area contributed by atoms with Crippen LogP contribution in [-0.2, 0) is 16.3 Å². The topological polar surface area (TPSA) is 68.3 Å². The number of hydrogen-bond acceptors (Lipinski definition) is 5. The summed E-state index contributed by atoms with van der Waals surface area (Å²) in [5.41, 5.74) is 0.884. The third kappa shape index (κ3) is 3.43. The molecule has 0 radical (unpaired) electrons. The molecule has 0 saturated heterocycles. The van der Waals surface area contributed by atoms with E-state index in [1.807, 2.05) is 13.8 Å². The van der Waals surface area contributed by atoms with Crippen molar-refractivity contribution in [2.24, 2.45) is 5.41 Å². The van der Waals surface area contributed by atoms with Gasteiger partial charge in [-0.25, -0.2) is 8.42 Å². The molecule has 1 heterocycles. The van der Waals surface area contributed by atoms with Crippen LogP contribution in [0.4, 0.5) is 0 Å². The Labute approximate surface area is 155 Å². The van der Waals surface area contributed by atoms with E-state index in [1.165, 1.54) is 0 Å². The van der Waals surface area contributed by atoms with Crippen LogP contribution in [0.3, 0.4) is 0 Å². The molecule has 1 aliphatic carbocycles. The third-order valence-electron chi connectivity index (χ3n) is 4.20. The van der Waals surface area contributed by atoms with Gasteiger partial charge in [0.1, 0.15) is 4.21 Å². The van der Waals surface area contributed by atoms with Crippen LogP contribution in [-0.4, -0.2) is 26.2 Å². The summed E-state index contributed by atoms with van der Waals surface area (Å²) in [6.07, 6.45) is 1.84. The predicted molar refractivity (Wildman–Crippen MR) is 98.7 cm³/mol. The minimum absolute atomic E-state index is 0.000290. The summed E-state index contributed by atoms with van der Waals surface area (Å²) in [5.74, 6) is -0.489. The quantitative estimate of drug-likeness (QED) is 0.729. The zero-order chi connectivity index (χ0) is 18.6. The second kappa shape index (κ2) is 6.04. The number of ketones is 2. The molecule has 0 N–H and O–H groups in total. The van der Waals surface area contributed by atoms with E-state index in [2.05, 4.69) is 0 Å². The van der Waals surface area contributed by atoms with Gasteiger partial charge in [0, 0.05) is 23.3 Å². The predicted octanol–water partition coefficient (Wildman–Crippen LogP) is 4.19. The number of hydrogen-bond donors (Lipinski definition) is 0. The van der Waals surface area contributed by atoms with Gasteiger partial charge in [-0.15, -0.1) is 11.3 Å². The Bertz CT molecular complexity index is 983. The molecule has 132 valence electrons. The standard InChI is InChI=1S/C18H17ClO4S2/c1-18(2)8-12-14(13(20)9-18)17(25(3,22)23)24-16(12)15(21)10-4-6-11(19)7-5-10/h4-7H,8-9H2,1-3H3. The minimum atomic E-state index is -3.59. The van der Waals surface area contributed by atoms with Crippen molar-refractivity contribution in [3.63, 3.8) is 0 Å². The molecular weight excluding hydrogens is 380 g/mol. The number of halogens is 1. The number of fused-ring (bicyclic) bond motifs is 1. The third-order valence-corrected chi connectivity index (χ3v) is 7.51. The van der Waals surface area contributed by atoms with Crippen LogP contribution in [0.2, 0.25) is 5.02 Å².